The number of carbonyl (C=O) groups is 1. The van der Waals surface area contributed by atoms with Crippen LogP contribution in [0.1, 0.15) is 10.6 Å². The summed E-state index contributed by atoms with van der Waals surface area (Å²) in [5.74, 6) is 0.988. The molecule has 8 heteroatoms. The van der Waals surface area contributed by atoms with Crippen LogP contribution in [0.25, 0.3) is 11.3 Å². The van der Waals surface area contributed by atoms with Crippen molar-refractivity contribution in [1.82, 2.24) is 0 Å². The van der Waals surface area contributed by atoms with E-state index in [-0.39, 0.29) is 22.0 Å². The summed E-state index contributed by atoms with van der Waals surface area (Å²) in [6.07, 6.45) is 0.526. The molecular formula is C13H11NO6S. The van der Waals surface area contributed by atoms with Gasteiger partial charge in [0.25, 0.3) is 0 Å². The molecular weight excluding hydrogens is 298 g/mol. The molecule has 1 aliphatic rings. The lowest BCUT2D eigenvalue weighted by molar-refractivity contribution is 0.110. The highest BCUT2D eigenvalue weighted by atomic mass is 32.2. The van der Waals surface area contributed by atoms with Crippen molar-refractivity contribution < 1.29 is 27.1 Å². The number of rotatable bonds is 3. The highest BCUT2D eigenvalue weighted by Crippen LogP contribution is 2.39. The van der Waals surface area contributed by atoms with E-state index in [9.17, 15) is 13.2 Å². The van der Waals surface area contributed by atoms with Crippen LogP contribution in [0.5, 0.6) is 11.5 Å². The van der Waals surface area contributed by atoms with Gasteiger partial charge >= 0.3 is 0 Å². The number of ether oxygens (including phenoxy) is 2. The van der Waals surface area contributed by atoms with Gasteiger partial charge in [0.15, 0.2) is 23.5 Å². The standard InChI is InChI=1S/C13H11NO6S/c14-21(16,17)13-6-12-11(18-3-4-19-12)5-9(13)10-2-1-8(7-15)20-10/h1-2,5-7H,3-4H2,(H2,14,16,17). The van der Waals surface area contributed by atoms with Gasteiger partial charge in [0.1, 0.15) is 19.0 Å². The second-order valence-electron chi connectivity index (χ2n) is 4.36. The number of furan rings is 1. The maximum Gasteiger partial charge on any atom is 0.238 e. The predicted octanol–water partition coefficient (Wildman–Crippen LogP) is 1.18. The van der Waals surface area contributed by atoms with Crippen LogP contribution in [-0.4, -0.2) is 27.9 Å². The second-order valence-corrected chi connectivity index (χ2v) is 5.89. The summed E-state index contributed by atoms with van der Waals surface area (Å²) >= 11 is 0. The van der Waals surface area contributed by atoms with Crippen molar-refractivity contribution in [3.8, 4) is 22.8 Å². The molecule has 1 aliphatic heterocycles. The molecule has 2 aromatic rings. The molecule has 0 saturated carbocycles. The first-order valence-corrected chi connectivity index (χ1v) is 7.55. The van der Waals surface area contributed by atoms with Crippen LogP contribution in [0.2, 0.25) is 0 Å². The molecule has 1 aromatic heterocycles. The lowest BCUT2D eigenvalue weighted by atomic mass is 10.1. The first-order valence-electron chi connectivity index (χ1n) is 6.01. The topological polar surface area (TPSA) is 109 Å². The largest absolute Gasteiger partial charge is 0.486 e. The van der Waals surface area contributed by atoms with Crippen LogP contribution in [0, 0.1) is 0 Å². The summed E-state index contributed by atoms with van der Waals surface area (Å²) in [4.78, 5) is 10.5. The van der Waals surface area contributed by atoms with Crippen molar-refractivity contribution in [2.24, 2.45) is 5.14 Å². The highest BCUT2D eigenvalue weighted by Gasteiger charge is 2.24. The van der Waals surface area contributed by atoms with Crippen LogP contribution in [0.4, 0.5) is 0 Å². The molecule has 110 valence electrons. The molecule has 0 bridgehead atoms. The van der Waals surface area contributed by atoms with E-state index in [1.807, 2.05) is 0 Å². The number of fused-ring (bicyclic) bond motifs is 1. The molecule has 0 unspecified atom stereocenters. The molecule has 21 heavy (non-hydrogen) atoms. The minimum atomic E-state index is -4.00. The normalized spacial score (nSPS) is 14.0. The monoisotopic (exact) mass is 309 g/mol. The predicted molar refractivity (Wildman–Crippen MR) is 71.9 cm³/mol. The van der Waals surface area contributed by atoms with Gasteiger partial charge < -0.3 is 13.9 Å². The fourth-order valence-electron chi connectivity index (χ4n) is 2.06. The molecule has 7 nitrogen and oxygen atoms in total. The van der Waals surface area contributed by atoms with E-state index >= 15 is 0 Å². The van der Waals surface area contributed by atoms with E-state index in [0.29, 0.717) is 31.0 Å². The number of hydrogen-bond donors (Lipinski definition) is 1. The zero-order valence-electron chi connectivity index (χ0n) is 10.7. The Bertz CT molecular complexity index is 808. The van der Waals surface area contributed by atoms with E-state index in [0.717, 1.165) is 0 Å². The maximum atomic E-state index is 11.8. The summed E-state index contributed by atoms with van der Waals surface area (Å²) in [5.41, 5.74) is 0.217. The fourth-order valence-corrected chi connectivity index (χ4v) is 2.80. The molecule has 0 saturated heterocycles. The van der Waals surface area contributed by atoms with Crippen LogP contribution in [0.15, 0.2) is 33.6 Å². The van der Waals surface area contributed by atoms with Gasteiger partial charge in [-0.3, -0.25) is 4.79 Å². The minimum absolute atomic E-state index is 0.0836. The average molecular weight is 309 g/mol. The second kappa shape index (κ2) is 4.90. The van der Waals surface area contributed by atoms with Crippen molar-refractivity contribution in [1.29, 1.82) is 0 Å². The Kier molecular flexibility index (Phi) is 3.19. The van der Waals surface area contributed by atoms with E-state index < -0.39 is 10.0 Å². The zero-order valence-corrected chi connectivity index (χ0v) is 11.6. The Labute approximate surface area is 120 Å². The summed E-state index contributed by atoms with van der Waals surface area (Å²) in [6.45, 7) is 0.686. The van der Waals surface area contributed by atoms with E-state index in [2.05, 4.69) is 0 Å². The van der Waals surface area contributed by atoms with Gasteiger partial charge in [0.05, 0.1) is 4.90 Å². The lowest BCUT2D eigenvalue weighted by Crippen LogP contribution is -2.18. The first-order chi connectivity index (χ1) is 9.99. The average Bonchev–Trinajstić information content (AvgIpc) is 2.94. The molecule has 0 amide bonds. The van der Waals surface area contributed by atoms with Crippen molar-refractivity contribution in [2.45, 2.75) is 4.90 Å². The van der Waals surface area contributed by atoms with Crippen molar-refractivity contribution >= 4 is 16.3 Å². The smallest absolute Gasteiger partial charge is 0.238 e. The molecule has 1 aromatic carbocycles. The van der Waals surface area contributed by atoms with E-state index in [4.69, 9.17) is 19.0 Å². The summed E-state index contributed by atoms with van der Waals surface area (Å²) in [7, 11) is -4.00. The Morgan fingerprint density at radius 2 is 1.76 bits per heavy atom. The highest BCUT2D eigenvalue weighted by molar-refractivity contribution is 7.89. The quantitative estimate of drug-likeness (QED) is 0.853. The summed E-state index contributed by atoms with van der Waals surface area (Å²) in [5, 5.41) is 5.23. The van der Waals surface area contributed by atoms with Crippen LogP contribution >= 0.6 is 0 Å². The van der Waals surface area contributed by atoms with Gasteiger partial charge in [-0.05, 0) is 18.2 Å². The molecule has 3 rings (SSSR count). The fraction of sp³-hybridized carbons (Fsp3) is 0.154. The number of sulfonamides is 1. The van der Waals surface area contributed by atoms with Crippen molar-refractivity contribution in [3.05, 3.63) is 30.0 Å². The molecule has 0 radical (unpaired) electrons. The third-order valence-electron chi connectivity index (χ3n) is 2.96. The molecule has 2 heterocycles. The van der Waals surface area contributed by atoms with E-state index in [1.165, 1.54) is 24.3 Å². The summed E-state index contributed by atoms with van der Waals surface area (Å²) < 4.78 is 39.5. The van der Waals surface area contributed by atoms with Crippen LogP contribution < -0.4 is 14.6 Å². The van der Waals surface area contributed by atoms with Crippen LogP contribution in [0.3, 0.4) is 0 Å². The molecule has 0 fully saturated rings. The number of benzene rings is 1. The number of aldehydes is 1. The zero-order chi connectivity index (χ0) is 15.0. The maximum absolute atomic E-state index is 11.8. The van der Waals surface area contributed by atoms with Gasteiger partial charge in [-0.25, -0.2) is 13.6 Å². The van der Waals surface area contributed by atoms with Gasteiger partial charge in [-0.15, -0.1) is 0 Å². The Hall–Kier alpha value is -2.32. The Morgan fingerprint density at radius 1 is 1.10 bits per heavy atom. The van der Waals surface area contributed by atoms with Crippen LogP contribution in [-0.2, 0) is 10.0 Å². The van der Waals surface area contributed by atoms with E-state index in [1.54, 1.807) is 0 Å². The SMILES string of the molecule is NS(=O)(=O)c1cc2c(cc1-c1ccc(C=O)o1)OCCO2. The lowest BCUT2D eigenvalue weighted by Gasteiger charge is -2.20. The number of carbonyl (C=O) groups excluding carboxylic acids is 1. The third kappa shape index (κ3) is 2.50. The first kappa shape index (κ1) is 13.7. The number of nitrogens with two attached hydrogens (primary N) is 1. The van der Waals surface area contributed by atoms with Crippen molar-refractivity contribution in [2.75, 3.05) is 13.2 Å². The van der Waals surface area contributed by atoms with Crippen molar-refractivity contribution in [3.63, 3.8) is 0 Å². The minimum Gasteiger partial charge on any atom is -0.486 e. The van der Waals surface area contributed by atoms with Gasteiger partial charge in [-0.2, -0.15) is 0 Å². The van der Waals surface area contributed by atoms with Gasteiger partial charge in [0, 0.05) is 11.6 Å². The summed E-state index contributed by atoms with van der Waals surface area (Å²) in [6, 6.07) is 5.69. The third-order valence-corrected chi connectivity index (χ3v) is 3.91. The Balaban J connectivity index is 2.24. The van der Waals surface area contributed by atoms with Gasteiger partial charge in [0.2, 0.25) is 10.0 Å². The Morgan fingerprint density at radius 3 is 2.33 bits per heavy atom. The molecule has 2 N–H and O–H groups in total. The molecule has 0 spiro atoms. The molecule has 0 aliphatic carbocycles. The number of hydrogen-bond acceptors (Lipinski definition) is 6. The molecule has 0 atom stereocenters. The van der Waals surface area contributed by atoms with Gasteiger partial charge in [-0.1, -0.05) is 0 Å². The number of primary sulfonamides is 1.